The number of ether oxygens (including phenoxy) is 1. The van der Waals surface area contributed by atoms with Crippen molar-refractivity contribution in [1.82, 2.24) is 9.97 Å². The number of hydrogen-bond acceptors (Lipinski definition) is 5. The number of rotatable bonds is 6. The second kappa shape index (κ2) is 7.57. The van der Waals surface area contributed by atoms with Gasteiger partial charge in [-0.2, -0.15) is 0 Å². The van der Waals surface area contributed by atoms with E-state index in [0.29, 0.717) is 35.4 Å². The molecule has 1 unspecified atom stereocenters. The van der Waals surface area contributed by atoms with Gasteiger partial charge >= 0.3 is 0 Å². The van der Waals surface area contributed by atoms with Crippen LogP contribution in [0.5, 0.6) is 0 Å². The highest BCUT2D eigenvalue weighted by molar-refractivity contribution is 6.30. The number of nitrogens with zero attached hydrogens (tertiary/aromatic N) is 2. The van der Waals surface area contributed by atoms with Crippen LogP contribution >= 0.6 is 11.6 Å². The van der Waals surface area contributed by atoms with Crippen molar-refractivity contribution in [3.63, 3.8) is 0 Å². The molecule has 1 aromatic carbocycles. The minimum Gasteiger partial charge on any atom is -0.440 e. The number of pyridine rings is 1. The highest BCUT2D eigenvalue weighted by Crippen LogP contribution is 2.28. The Bertz CT molecular complexity index is 788. The summed E-state index contributed by atoms with van der Waals surface area (Å²) in [5.74, 6) is 0.986. The van der Waals surface area contributed by atoms with Crippen molar-refractivity contribution >= 4 is 11.6 Å². The molecular formula is C18H17ClN2O3. The van der Waals surface area contributed by atoms with E-state index in [0.717, 1.165) is 11.1 Å². The summed E-state index contributed by atoms with van der Waals surface area (Å²) < 4.78 is 11.2. The molecule has 0 amide bonds. The van der Waals surface area contributed by atoms with Crippen LogP contribution in [-0.2, 0) is 11.2 Å². The van der Waals surface area contributed by atoms with E-state index in [1.54, 1.807) is 24.5 Å². The van der Waals surface area contributed by atoms with Gasteiger partial charge in [-0.15, -0.1) is 0 Å². The summed E-state index contributed by atoms with van der Waals surface area (Å²) in [5, 5.41) is 10.9. The summed E-state index contributed by atoms with van der Waals surface area (Å²) >= 11 is 5.92. The molecule has 2 heterocycles. The standard InChI is InChI=1S/C18H17ClN2O3/c1-2-23-18(22)16-15(11-12-3-5-14(19)6-4-12)24-17(21-16)13-7-9-20-10-8-13/h3-10,18,22H,2,11H2,1H3. The second-order valence-electron chi connectivity index (χ2n) is 5.17. The summed E-state index contributed by atoms with van der Waals surface area (Å²) in [4.78, 5) is 8.40. The largest absolute Gasteiger partial charge is 0.440 e. The molecule has 1 N–H and O–H groups in total. The van der Waals surface area contributed by atoms with Gasteiger partial charge in [0.25, 0.3) is 0 Å². The van der Waals surface area contributed by atoms with Gasteiger partial charge in [-0.25, -0.2) is 4.98 Å². The minimum absolute atomic E-state index is 0.374. The molecule has 3 aromatic rings. The average molecular weight is 345 g/mol. The maximum atomic E-state index is 10.2. The predicted molar refractivity (Wildman–Crippen MR) is 90.6 cm³/mol. The monoisotopic (exact) mass is 344 g/mol. The van der Waals surface area contributed by atoms with Crippen molar-refractivity contribution in [3.05, 3.63) is 70.8 Å². The van der Waals surface area contributed by atoms with E-state index in [9.17, 15) is 5.11 Å². The molecule has 0 spiro atoms. The van der Waals surface area contributed by atoms with Gasteiger partial charge in [-0.05, 0) is 36.8 Å². The Labute approximate surface area is 144 Å². The Kier molecular flexibility index (Phi) is 5.25. The first-order valence-electron chi connectivity index (χ1n) is 7.61. The van der Waals surface area contributed by atoms with E-state index >= 15 is 0 Å². The molecule has 0 radical (unpaired) electrons. The number of aliphatic hydroxyl groups is 1. The smallest absolute Gasteiger partial charge is 0.226 e. The third-order valence-corrected chi connectivity index (χ3v) is 3.74. The molecule has 0 bridgehead atoms. The zero-order chi connectivity index (χ0) is 16.9. The fourth-order valence-electron chi connectivity index (χ4n) is 2.33. The molecule has 6 heteroatoms. The second-order valence-corrected chi connectivity index (χ2v) is 5.61. The lowest BCUT2D eigenvalue weighted by Gasteiger charge is -2.09. The maximum absolute atomic E-state index is 10.2. The van der Waals surface area contributed by atoms with Crippen LogP contribution in [-0.4, -0.2) is 21.7 Å². The van der Waals surface area contributed by atoms with Gasteiger partial charge in [0.15, 0.2) is 0 Å². The lowest BCUT2D eigenvalue weighted by atomic mass is 10.1. The zero-order valence-electron chi connectivity index (χ0n) is 13.1. The van der Waals surface area contributed by atoms with Crippen LogP contribution in [0.1, 0.15) is 30.2 Å². The Morgan fingerprint density at radius 1 is 1.17 bits per heavy atom. The lowest BCUT2D eigenvalue weighted by Crippen LogP contribution is -2.06. The molecule has 0 fully saturated rings. The van der Waals surface area contributed by atoms with Crippen LogP contribution in [0.3, 0.4) is 0 Å². The zero-order valence-corrected chi connectivity index (χ0v) is 13.9. The van der Waals surface area contributed by atoms with Crippen LogP contribution in [0.4, 0.5) is 0 Å². The van der Waals surface area contributed by atoms with Crippen LogP contribution in [0.2, 0.25) is 5.02 Å². The maximum Gasteiger partial charge on any atom is 0.226 e. The number of oxazole rings is 1. The topological polar surface area (TPSA) is 68.4 Å². The van der Waals surface area contributed by atoms with Crippen molar-refractivity contribution in [2.24, 2.45) is 0 Å². The molecule has 0 aliphatic heterocycles. The first-order valence-corrected chi connectivity index (χ1v) is 7.99. The Morgan fingerprint density at radius 3 is 2.54 bits per heavy atom. The van der Waals surface area contributed by atoms with Crippen molar-refractivity contribution < 1.29 is 14.3 Å². The summed E-state index contributed by atoms with van der Waals surface area (Å²) in [6, 6.07) is 11.1. The molecule has 0 saturated heterocycles. The Morgan fingerprint density at radius 2 is 1.88 bits per heavy atom. The fraction of sp³-hybridized carbons (Fsp3) is 0.222. The van der Waals surface area contributed by atoms with Gasteiger partial charge < -0.3 is 14.3 Å². The highest BCUT2D eigenvalue weighted by Gasteiger charge is 2.21. The summed E-state index contributed by atoms with van der Waals surface area (Å²) in [6.45, 7) is 2.19. The van der Waals surface area contributed by atoms with Gasteiger partial charge in [0.2, 0.25) is 12.2 Å². The molecule has 5 nitrogen and oxygen atoms in total. The Hall–Kier alpha value is -2.21. The normalized spacial score (nSPS) is 12.3. The fourth-order valence-corrected chi connectivity index (χ4v) is 2.45. The van der Waals surface area contributed by atoms with E-state index in [-0.39, 0.29) is 0 Å². The number of halogens is 1. The third kappa shape index (κ3) is 3.82. The molecule has 0 aliphatic rings. The summed E-state index contributed by atoms with van der Waals surface area (Å²) in [7, 11) is 0. The first-order chi connectivity index (χ1) is 11.7. The summed E-state index contributed by atoms with van der Waals surface area (Å²) in [5.41, 5.74) is 2.18. The van der Waals surface area contributed by atoms with Crippen LogP contribution < -0.4 is 0 Å². The van der Waals surface area contributed by atoms with Crippen molar-refractivity contribution in [1.29, 1.82) is 0 Å². The van der Waals surface area contributed by atoms with Crippen molar-refractivity contribution in [3.8, 4) is 11.5 Å². The Balaban J connectivity index is 1.96. The highest BCUT2D eigenvalue weighted by atomic mass is 35.5. The molecule has 3 rings (SSSR count). The SMILES string of the molecule is CCOC(O)c1nc(-c2ccncc2)oc1Cc1ccc(Cl)cc1. The molecule has 2 aromatic heterocycles. The first kappa shape index (κ1) is 16.6. The van der Waals surface area contributed by atoms with Gasteiger partial charge in [0.1, 0.15) is 11.5 Å². The van der Waals surface area contributed by atoms with E-state index in [1.807, 2.05) is 31.2 Å². The van der Waals surface area contributed by atoms with Crippen LogP contribution in [0, 0.1) is 0 Å². The molecule has 124 valence electrons. The van der Waals surface area contributed by atoms with Gasteiger partial charge in [-0.3, -0.25) is 4.98 Å². The van der Waals surface area contributed by atoms with Crippen molar-refractivity contribution in [2.75, 3.05) is 6.61 Å². The van der Waals surface area contributed by atoms with Crippen LogP contribution in [0.15, 0.2) is 53.2 Å². The number of hydrogen-bond donors (Lipinski definition) is 1. The van der Waals surface area contributed by atoms with Gasteiger partial charge in [-0.1, -0.05) is 23.7 Å². The minimum atomic E-state index is -1.13. The number of benzene rings is 1. The predicted octanol–water partition coefficient (Wildman–Crippen LogP) is 4.01. The average Bonchev–Trinajstić information content (AvgIpc) is 3.02. The molecule has 0 saturated carbocycles. The van der Waals surface area contributed by atoms with E-state index in [2.05, 4.69) is 9.97 Å². The molecule has 0 aliphatic carbocycles. The van der Waals surface area contributed by atoms with E-state index in [1.165, 1.54) is 0 Å². The van der Waals surface area contributed by atoms with Gasteiger partial charge in [0, 0.05) is 36.0 Å². The number of aromatic nitrogens is 2. The van der Waals surface area contributed by atoms with Crippen LogP contribution in [0.25, 0.3) is 11.5 Å². The third-order valence-electron chi connectivity index (χ3n) is 3.49. The molecular weight excluding hydrogens is 328 g/mol. The van der Waals surface area contributed by atoms with Crippen molar-refractivity contribution in [2.45, 2.75) is 19.6 Å². The van der Waals surface area contributed by atoms with E-state index in [4.69, 9.17) is 20.8 Å². The number of aliphatic hydroxyl groups excluding tert-OH is 1. The molecule has 24 heavy (non-hydrogen) atoms. The van der Waals surface area contributed by atoms with Gasteiger partial charge in [0.05, 0.1) is 0 Å². The quantitative estimate of drug-likeness (QED) is 0.684. The summed E-state index contributed by atoms with van der Waals surface area (Å²) in [6.07, 6.45) is 2.68. The lowest BCUT2D eigenvalue weighted by molar-refractivity contribution is -0.101. The molecule has 1 atom stereocenters. The van der Waals surface area contributed by atoms with E-state index < -0.39 is 6.29 Å².